The highest BCUT2D eigenvalue weighted by Crippen LogP contribution is 2.29. The quantitative estimate of drug-likeness (QED) is 0.892. The molecular weight excluding hydrogens is 272 g/mol. The van der Waals surface area contributed by atoms with Gasteiger partial charge in [0, 0.05) is 10.6 Å². The van der Waals surface area contributed by atoms with Crippen LogP contribution in [0.25, 0.3) is 0 Å². The van der Waals surface area contributed by atoms with E-state index in [-0.39, 0.29) is 0 Å². The molecule has 0 saturated heterocycles. The topological polar surface area (TPSA) is 29.5 Å². The van der Waals surface area contributed by atoms with Crippen molar-refractivity contribution in [1.82, 2.24) is 0 Å². The Morgan fingerprint density at radius 3 is 2.50 bits per heavy atom. The number of aliphatic hydroxyl groups is 1. The third-order valence-corrected chi connectivity index (χ3v) is 3.62. The van der Waals surface area contributed by atoms with E-state index in [9.17, 15) is 5.11 Å². The normalized spacial score (nSPS) is 12.2. The summed E-state index contributed by atoms with van der Waals surface area (Å²) in [6.07, 6.45) is -0.608. The van der Waals surface area contributed by atoms with E-state index >= 15 is 0 Å². The summed E-state index contributed by atoms with van der Waals surface area (Å²) in [5, 5.41) is 10.4. The number of rotatable bonds is 4. The van der Waals surface area contributed by atoms with Gasteiger partial charge >= 0.3 is 0 Å². The van der Waals surface area contributed by atoms with Gasteiger partial charge in [-0.2, -0.15) is 0 Å². The summed E-state index contributed by atoms with van der Waals surface area (Å²) in [6, 6.07) is 11.6. The molecule has 0 aliphatic carbocycles. The minimum absolute atomic E-state index is 0.475. The second-order valence-electron chi connectivity index (χ2n) is 5.07. The second kappa shape index (κ2) is 6.29. The van der Waals surface area contributed by atoms with Crippen LogP contribution in [0.1, 0.15) is 35.3 Å². The van der Waals surface area contributed by atoms with Gasteiger partial charge in [0.25, 0.3) is 0 Å². The maximum absolute atomic E-state index is 9.77. The molecule has 0 saturated carbocycles. The molecule has 0 bridgehead atoms. The van der Waals surface area contributed by atoms with Gasteiger partial charge in [0.2, 0.25) is 0 Å². The fraction of sp³-hybridized carbons (Fsp3) is 0.294. The number of ether oxygens (including phenoxy) is 1. The Morgan fingerprint density at radius 1 is 1.10 bits per heavy atom. The number of benzene rings is 2. The van der Waals surface area contributed by atoms with Crippen LogP contribution in [0, 0.1) is 13.8 Å². The van der Waals surface area contributed by atoms with Crippen molar-refractivity contribution < 1.29 is 9.84 Å². The van der Waals surface area contributed by atoms with Crippen LogP contribution in [0.5, 0.6) is 5.75 Å². The van der Waals surface area contributed by atoms with Gasteiger partial charge < -0.3 is 9.84 Å². The predicted octanol–water partition coefficient (Wildman–Crippen LogP) is 4.59. The molecule has 0 spiro atoms. The molecule has 2 aromatic rings. The van der Waals surface area contributed by atoms with Crippen molar-refractivity contribution in [1.29, 1.82) is 0 Å². The Hall–Kier alpha value is -1.51. The van der Waals surface area contributed by atoms with Crippen LogP contribution in [0.3, 0.4) is 0 Å². The molecule has 2 aromatic carbocycles. The third kappa shape index (κ3) is 3.53. The van der Waals surface area contributed by atoms with Crippen molar-refractivity contribution in [2.24, 2.45) is 0 Å². The van der Waals surface area contributed by atoms with Crippen molar-refractivity contribution in [3.8, 4) is 5.75 Å². The van der Waals surface area contributed by atoms with Crippen molar-refractivity contribution in [2.45, 2.75) is 33.5 Å². The number of aliphatic hydroxyl groups excluding tert-OH is 1. The Balaban J connectivity index is 2.16. The smallest absolute Gasteiger partial charge is 0.125 e. The minimum Gasteiger partial charge on any atom is -0.489 e. The van der Waals surface area contributed by atoms with Crippen LogP contribution in [0.2, 0.25) is 5.02 Å². The molecule has 3 heteroatoms. The molecule has 20 heavy (non-hydrogen) atoms. The first kappa shape index (κ1) is 14.9. The zero-order chi connectivity index (χ0) is 14.7. The van der Waals surface area contributed by atoms with E-state index < -0.39 is 6.10 Å². The molecule has 0 aromatic heterocycles. The standard InChI is InChI=1S/C17H19ClO2/c1-11-4-5-14(8-12(11)2)10-20-17-7-6-15(18)9-16(17)13(3)19/h4-9,13,19H,10H2,1-3H3. The lowest BCUT2D eigenvalue weighted by Crippen LogP contribution is -2.01. The summed E-state index contributed by atoms with van der Waals surface area (Å²) < 4.78 is 5.82. The van der Waals surface area contributed by atoms with Crippen LogP contribution in [0.4, 0.5) is 0 Å². The second-order valence-corrected chi connectivity index (χ2v) is 5.50. The third-order valence-electron chi connectivity index (χ3n) is 3.39. The monoisotopic (exact) mass is 290 g/mol. The Morgan fingerprint density at radius 2 is 1.85 bits per heavy atom. The summed E-state index contributed by atoms with van der Waals surface area (Å²) >= 11 is 5.95. The lowest BCUT2D eigenvalue weighted by molar-refractivity contribution is 0.190. The first-order valence-corrected chi connectivity index (χ1v) is 7.01. The highest BCUT2D eigenvalue weighted by atomic mass is 35.5. The zero-order valence-corrected chi connectivity index (χ0v) is 12.7. The molecule has 0 amide bonds. The van der Waals surface area contributed by atoms with Crippen LogP contribution >= 0.6 is 11.6 Å². The van der Waals surface area contributed by atoms with Crippen molar-refractivity contribution in [3.05, 3.63) is 63.7 Å². The van der Waals surface area contributed by atoms with Crippen molar-refractivity contribution >= 4 is 11.6 Å². The molecular formula is C17H19ClO2. The highest BCUT2D eigenvalue weighted by Gasteiger charge is 2.10. The summed E-state index contributed by atoms with van der Waals surface area (Å²) in [4.78, 5) is 0. The van der Waals surface area contributed by atoms with E-state index in [4.69, 9.17) is 16.3 Å². The Bertz CT molecular complexity index is 606. The fourth-order valence-electron chi connectivity index (χ4n) is 2.03. The van der Waals surface area contributed by atoms with Crippen molar-refractivity contribution in [2.75, 3.05) is 0 Å². The van der Waals surface area contributed by atoms with Crippen LogP contribution in [-0.2, 0) is 6.61 Å². The zero-order valence-electron chi connectivity index (χ0n) is 12.0. The Kier molecular flexibility index (Phi) is 4.69. The molecule has 0 radical (unpaired) electrons. The first-order valence-electron chi connectivity index (χ1n) is 6.64. The van der Waals surface area contributed by atoms with Gasteiger partial charge in [-0.05, 0) is 55.7 Å². The molecule has 1 N–H and O–H groups in total. The van der Waals surface area contributed by atoms with Gasteiger partial charge in [0.1, 0.15) is 12.4 Å². The van der Waals surface area contributed by atoms with E-state index in [0.717, 1.165) is 5.56 Å². The van der Waals surface area contributed by atoms with Gasteiger partial charge in [-0.3, -0.25) is 0 Å². The maximum Gasteiger partial charge on any atom is 0.125 e. The molecule has 0 aliphatic rings. The lowest BCUT2D eigenvalue weighted by Gasteiger charge is -2.14. The van der Waals surface area contributed by atoms with E-state index in [2.05, 4.69) is 32.0 Å². The van der Waals surface area contributed by atoms with Gasteiger partial charge in [-0.15, -0.1) is 0 Å². The molecule has 1 atom stereocenters. The average Bonchev–Trinajstić information content (AvgIpc) is 2.41. The van der Waals surface area contributed by atoms with Crippen molar-refractivity contribution in [3.63, 3.8) is 0 Å². The molecule has 0 heterocycles. The molecule has 1 unspecified atom stereocenters. The average molecular weight is 291 g/mol. The number of hydrogen-bond donors (Lipinski definition) is 1. The van der Waals surface area contributed by atoms with Gasteiger partial charge in [0.15, 0.2) is 0 Å². The fourth-order valence-corrected chi connectivity index (χ4v) is 2.21. The maximum atomic E-state index is 9.77. The summed E-state index contributed by atoms with van der Waals surface area (Å²) in [7, 11) is 0. The van der Waals surface area contributed by atoms with E-state index in [0.29, 0.717) is 22.9 Å². The van der Waals surface area contributed by atoms with Crippen LogP contribution < -0.4 is 4.74 Å². The van der Waals surface area contributed by atoms with Crippen LogP contribution in [0.15, 0.2) is 36.4 Å². The van der Waals surface area contributed by atoms with Gasteiger partial charge in [-0.1, -0.05) is 29.8 Å². The summed E-state index contributed by atoms with van der Waals surface area (Å²) in [5.41, 5.74) is 4.34. The number of halogens is 1. The van der Waals surface area contributed by atoms with Crippen LogP contribution in [-0.4, -0.2) is 5.11 Å². The number of aryl methyl sites for hydroxylation is 2. The SMILES string of the molecule is Cc1ccc(COc2ccc(Cl)cc2C(C)O)cc1C. The van der Waals surface area contributed by atoms with E-state index in [1.165, 1.54) is 11.1 Å². The highest BCUT2D eigenvalue weighted by molar-refractivity contribution is 6.30. The molecule has 2 nitrogen and oxygen atoms in total. The molecule has 0 aliphatic heterocycles. The lowest BCUT2D eigenvalue weighted by atomic mass is 10.1. The summed E-state index contributed by atoms with van der Waals surface area (Å²) in [5.74, 6) is 0.669. The predicted molar refractivity (Wildman–Crippen MR) is 82.3 cm³/mol. The van der Waals surface area contributed by atoms with E-state index in [1.807, 2.05) is 0 Å². The largest absolute Gasteiger partial charge is 0.489 e. The van der Waals surface area contributed by atoms with Gasteiger partial charge in [-0.25, -0.2) is 0 Å². The minimum atomic E-state index is -0.608. The van der Waals surface area contributed by atoms with E-state index in [1.54, 1.807) is 25.1 Å². The molecule has 2 rings (SSSR count). The first-order chi connectivity index (χ1) is 9.47. The molecule has 106 valence electrons. The Labute approximate surface area is 125 Å². The number of hydrogen-bond acceptors (Lipinski definition) is 2. The summed E-state index contributed by atoms with van der Waals surface area (Å²) in [6.45, 7) is 6.35. The van der Waals surface area contributed by atoms with Gasteiger partial charge in [0.05, 0.1) is 6.10 Å². The molecule has 0 fully saturated rings.